The molecule has 1 heterocycles. The minimum Gasteiger partial charge on any atom is -0.490 e. The maximum atomic E-state index is 15.0. The lowest BCUT2D eigenvalue weighted by Crippen LogP contribution is -2.57. The fourth-order valence-electron chi connectivity index (χ4n) is 4.58. The molecule has 2 aromatic carbocycles. The Labute approximate surface area is 171 Å². The predicted octanol–water partition coefficient (Wildman–Crippen LogP) is 3.20. The molecule has 29 heavy (non-hydrogen) atoms. The van der Waals surface area contributed by atoms with Crippen molar-refractivity contribution in [3.63, 3.8) is 0 Å². The molecule has 2 N–H and O–H groups in total. The van der Waals surface area contributed by atoms with Crippen LogP contribution in [0.4, 0.5) is 8.78 Å². The molecule has 1 fully saturated rings. The van der Waals surface area contributed by atoms with E-state index < -0.39 is 50.1 Å². The molecular formula is C20H19ClF2O5S. The molecule has 0 aromatic heterocycles. The highest BCUT2D eigenvalue weighted by Crippen LogP contribution is 2.58. The van der Waals surface area contributed by atoms with Gasteiger partial charge in [0.15, 0.2) is 21.4 Å². The lowest BCUT2D eigenvalue weighted by molar-refractivity contribution is -0.0785. The van der Waals surface area contributed by atoms with Gasteiger partial charge in [-0.1, -0.05) is 11.6 Å². The molecule has 2 aromatic rings. The standard InChI is InChI=1S/C20H19ClF2O5S/c21-13-1-3-14(4-2-13)29(26,27)20-8-7-19(25,11-24)9-12(20)10-28-18-16(23)6-5-15(22)17(18)20/h1-6,12,24-25H,7-11H2/t12?,19-,20+/m1/s1. The fourth-order valence-corrected chi connectivity index (χ4v) is 7.04. The van der Waals surface area contributed by atoms with Crippen LogP contribution in [0.1, 0.15) is 24.8 Å². The molecule has 0 saturated heterocycles. The van der Waals surface area contributed by atoms with Gasteiger partial charge in [-0.05, 0) is 55.7 Å². The van der Waals surface area contributed by atoms with Gasteiger partial charge in [0.25, 0.3) is 0 Å². The van der Waals surface area contributed by atoms with Crippen molar-refractivity contribution in [2.75, 3.05) is 13.2 Å². The molecule has 3 atom stereocenters. The van der Waals surface area contributed by atoms with E-state index in [0.29, 0.717) is 5.02 Å². The monoisotopic (exact) mass is 444 g/mol. The third-order valence-electron chi connectivity index (χ3n) is 6.06. The molecule has 1 aliphatic carbocycles. The van der Waals surface area contributed by atoms with E-state index in [1.165, 1.54) is 24.3 Å². The molecule has 0 spiro atoms. The first kappa shape index (κ1) is 20.5. The number of hydrogen-bond acceptors (Lipinski definition) is 5. The van der Waals surface area contributed by atoms with E-state index >= 15 is 4.39 Å². The van der Waals surface area contributed by atoms with E-state index in [9.17, 15) is 23.0 Å². The Morgan fingerprint density at radius 2 is 1.76 bits per heavy atom. The first-order chi connectivity index (χ1) is 13.6. The molecule has 2 aliphatic rings. The Kier molecular flexibility index (Phi) is 4.89. The van der Waals surface area contributed by atoms with Crippen molar-refractivity contribution in [2.24, 2.45) is 5.92 Å². The van der Waals surface area contributed by atoms with Crippen LogP contribution in [0.2, 0.25) is 5.02 Å². The number of hydrogen-bond donors (Lipinski definition) is 2. The van der Waals surface area contributed by atoms with Crippen molar-refractivity contribution in [1.82, 2.24) is 0 Å². The second-order valence-electron chi connectivity index (χ2n) is 7.67. The molecule has 1 aliphatic heterocycles. The van der Waals surface area contributed by atoms with Gasteiger partial charge in [-0.2, -0.15) is 0 Å². The zero-order valence-corrected chi connectivity index (χ0v) is 16.8. The van der Waals surface area contributed by atoms with Crippen LogP contribution in [0, 0.1) is 17.6 Å². The van der Waals surface area contributed by atoms with Gasteiger partial charge in [0.1, 0.15) is 10.6 Å². The molecule has 0 radical (unpaired) electrons. The van der Waals surface area contributed by atoms with Crippen molar-refractivity contribution in [3.8, 4) is 5.75 Å². The number of halogens is 3. The highest BCUT2D eigenvalue weighted by atomic mass is 35.5. The third-order valence-corrected chi connectivity index (χ3v) is 8.90. The first-order valence-corrected chi connectivity index (χ1v) is 11.0. The summed E-state index contributed by atoms with van der Waals surface area (Å²) in [5.74, 6) is -3.06. The molecule has 156 valence electrons. The topological polar surface area (TPSA) is 83.8 Å². The molecule has 9 heteroatoms. The zero-order valence-electron chi connectivity index (χ0n) is 15.2. The number of fused-ring (bicyclic) bond motifs is 3. The minimum absolute atomic E-state index is 0.0853. The summed E-state index contributed by atoms with van der Waals surface area (Å²) < 4.78 is 60.7. The summed E-state index contributed by atoms with van der Waals surface area (Å²) in [5, 5.41) is 20.5. The van der Waals surface area contributed by atoms with Crippen molar-refractivity contribution >= 4 is 21.4 Å². The molecule has 5 nitrogen and oxygen atoms in total. The van der Waals surface area contributed by atoms with Crippen LogP contribution >= 0.6 is 11.6 Å². The van der Waals surface area contributed by atoms with Gasteiger partial charge in [-0.15, -0.1) is 0 Å². The summed E-state index contributed by atoms with van der Waals surface area (Å²) in [5.41, 5.74) is -1.88. The number of aliphatic hydroxyl groups excluding tert-OH is 1. The maximum Gasteiger partial charge on any atom is 0.188 e. The van der Waals surface area contributed by atoms with Crippen LogP contribution in [-0.2, 0) is 14.6 Å². The summed E-state index contributed by atoms with van der Waals surface area (Å²) >= 11 is 5.88. The Bertz CT molecular complexity index is 1060. The molecule has 1 saturated carbocycles. The van der Waals surface area contributed by atoms with E-state index in [1.807, 2.05) is 0 Å². The van der Waals surface area contributed by atoms with E-state index in [-0.39, 0.29) is 36.3 Å². The summed E-state index contributed by atoms with van der Waals surface area (Å²) in [7, 11) is -4.25. The van der Waals surface area contributed by atoms with Gasteiger partial charge in [-0.25, -0.2) is 17.2 Å². The summed E-state index contributed by atoms with van der Waals surface area (Å²) in [4.78, 5) is -0.0853. The van der Waals surface area contributed by atoms with Gasteiger partial charge >= 0.3 is 0 Å². The lowest BCUT2D eigenvalue weighted by atomic mass is 9.67. The van der Waals surface area contributed by atoms with Crippen LogP contribution in [-0.4, -0.2) is 37.4 Å². The second kappa shape index (κ2) is 6.91. The van der Waals surface area contributed by atoms with Crippen LogP contribution < -0.4 is 4.74 Å². The highest BCUT2D eigenvalue weighted by Gasteiger charge is 2.61. The molecule has 4 rings (SSSR count). The smallest absolute Gasteiger partial charge is 0.188 e. The zero-order chi connectivity index (χ0) is 21.0. The van der Waals surface area contributed by atoms with Gasteiger partial charge < -0.3 is 14.9 Å². The summed E-state index contributed by atoms with van der Waals surface area (Å²) in [6.45, 7) is -0.804. The number of aliphatic hydroxyl groups is 2. The van der Waals surface area contributed by atoms with Gasteiger partial charge in [0, 0.05) is 10.9 Å². The summed E-state index contributed by atoms with van der Waals surface area (Å²) in [6.07, 6.45) is -0.426. The molecule has 1 unspecified atom stereocenters. The Morgan fingerprint density at radius 3 is 2.41 bits per heavy atom. The van der Waals surface area contributed by atoms with Gasteiger partial charge in [0.2, 0.25) is 0 Å². The van der Waals surface area contributed by atoms with Crippen LogP contribution in [0.25, 0.3) is 0 Å². The maximum absolute atomic E-state index is 15.0. The average molecular weight is 445 g/mol. The highest BCUT2D eigenvalue weighted by molar-refractivity contribution is 7.92. The lowest BCUT2D eigenvalue weighted by Gasteiger charge is -2.51. The number of benzene rings is 2. The first-order valence-electron chi connectivity index (χ1n) is 9.09. The summed E-state index contributed by atoms with van der Waals surface area (Å²) in [6, 6.07) is 7.24. The minimum atomic E-state index is -4.25. The van der Waals surface area contributed by atoms with E-state index in [4.69, 9.17) is 16.3 Å². The SMILES string of the molecule is O=S(=O)(c1ccc(Cl)cc1)[C@@]12CC[C@](O)(CO)CC1COc1c(F)ccc(F)c12. The van der Waals surface area contributed by atoms with Crippen molar-refractivity contribution in [3.05, 3.63) is 58.6 Å². The average Bonchev–Trinajstić information content (AvgIpc) is 2.70. The van der Waals surface area contributed by atoms with Crippen molar-refractivity contribution in [1.29, 1.82) is 0 Å². The normalized spacial score (nSPS) is 28.9. The third kappa shape index (κ3) is 2.96. The van der Waals surface area contributed by atoms with Crippen molar-refractivity contribution < 1.29 is 32.1 Å². The Balaban J connectivity index is 2.00. The Hall–Kier alpha value is -1.74. The fraction of sp³-hybridized carbons (Fsp3) is 0.400. The van der Waals surface area contributed by atoms with Crippen LogP contribution in [0.3, 0.4) is 0 Å². The molecular weight excluding hydrogens is 426 g/mol. The number of rotatable bonds is 3. The van der Waals surface area contributed by atoms with Gasteiger partial charge in [-0.3, -0.25) is 0 Å². The van der Waals surface area contributed by atoms with Crippen LogP contribution in [0.5, 0.6) is 5.75 Å². The van der Waals surface area contributed by atoms with Crippen LogP contribution in [0.15, 0.2) is 41.3 Å². The van der Waals surface area contributed by atoms with E-state index in [0.717, 1.165) is 12.1 Å². The number of ether oxygens (including phenoxy) is 1. The van der Waals surface area contributed by atoms with Gasteiger partial charge in [0.05, 0.1) is 29.3 Å². The Morgan fingerprint density at radius 1 is 1.10 bits per heavy atom. The number of sulfone groups is 1. The quantitative estimate of drug-likeness (QED) is 0.759. The van der Waals surface area contributed by atoms with Crippen molar-refractivity contribution in [2.45, 2.75) is 34.5 Å². The molecule has 0 amide bonds. The predicted molar refractivity (Wildman–Crippen MR) is 102 cm³/mol. The molecule has 0 bridgehead atoms. The van der Waals surface area contributed by atoms with E-state index in [1.54, 1.807) is 0 Å². The van der Waals surface area contributed by atoms with E-state index in [2.05, 4.69) is 0 Å². The largest absolute Gasteiger partial charge is 0.490 e. The second-order valence-corrected chi connectivity index (χ2v) is 10.3.